The van der Waals surface area contributed by atoms with Crippen molar-refractivity contribution < 1.29 is 8.42 Å². The van der Waals surface area contributed by atoms with Gasteiger partial charge < -0.3 is 5.32 Å². The summed E-state index contributed by atoms with van der Waals surface area (Å²) < 4.78 is 22.9. The van der Waals surface area contributed by atoms with Gasteiger partial charge >= 0.3 is 0 Å². The Morgan fingerprint density at radius 2 is 1.96 bits per heavy atom. The molecule has 0 radical (unpaired) electrons. The normalized spacial score (nSPS) is 12.4. The number of anilines is 1. The third kappa shape index (κ3) is 4.45. The van der Waals surface area contributed by atoms with Crippen molar-refractivity contribution >= 4 is 27.3 Å². The molecule has 5 nitrogen and oxygen atoms in total. The highest BCUT2D eigenvalue weighted by atomic mass is 35.5. The third-order valence-electron chi connectivity index (χ3n) is 3.29. The number of hydrogen-bond acceptors (Lipinski definition) is 4. The van der Waals surface area contributed by atoms with E-state index in [1.165, 1.54) is 12.1 Å². The van der Waals surface area contributed by atoms with Crippen LogP contribution in [0.1, 0.15) is 18.1 Å². The smallest absolute Gasteiger partial charge is 0.239 e. The highest BCUT2D eigenvalue weighted by Crippen LogP contribution is 2.28. The zero-order valence-electron chi connectivity index (χ0n) is 12.5. The van der Waals surface area contributed by atoms with Crippen molar-refractivity contribution in [2.24, 2.45) is 5.14 Å². The van der Waals surface area contributed by atoms with Gasteiger partial charge in [-0.05, 0) is 31.0 Å². The van der Waals surface area contributed by atoms with E-state index in [-0.39, 0.29) is 21.5 Å². The van der Waals surface area contributed by atoms with Gasteiger partial charge in [-0.2, -0.15) is 5.26 Å². The topological polar surface area (TPSA) is 96.0 Å². The fourth-order valence-corrected chi connectivity index (χ4v) is 3.37. The Labute approximate surface area is 140 Å². The molecule has 7 heteroatoms. The summed E-state index contributed by atoms with van der Waals surface area (Å²) >= 11 is 5.98. The van der Waals surface area contributed by atoms with Crippen LogP contribution in [-0.2, 0) is 16.4 Å². The number of nitrogens with one attached hydrogen (secondary N) is 1. The van der Waals surface area contributed by atoms with Crippen LogP contribution < -0.4 is 10.5 Å². The van der Waals surface area contributed by atoms with Crippen LogP contribution in [0.4, 0.5) is 5.69 Å². The van der Waals surface area contributed by atoms with E-state index >= 15 is 0 Å². The number of benzene rings is 2. The molecule has 0 amide bonds. The Hall–Kier alpha value is -2.07. The van der Waals surface area contributed by atoms with Gasteiger partial charge in [0.15, 0.2) is 0 Å². The third-order valence-corrected chi connectivity index (χ3v) is 4.66. The van der Waals surface area contributed by atoms with Crippen molar-refractivity contribution in [2.45, 2.75) is 24.3 Å². The number of primary sulfonamides is 1. The van der Waals surface area contributed by atoms with Crippen molar-refractivity contribution in [3.05, 3.63) is 58.6 Å². The average Bonchev–Trinajstić information content (AvgIpc) is 2.47. The van der Waals surface area contributed by atoms with Crippen LogP contribution >= 0.6 is 11.6 Å². The first-order chi connectivity index (χ1) is 10.8. The summed E-state index contributed by atoms with van der Waals surface area (Å²) in [7, 11) is -3.97. The highest BCUT2D eigenvalue weighted by molar-refractivity contribution is 7.89. The Balaban J connectivity index is 2.26. The fourth-order valence-electron chi connectivity index (χ4n) is 2.27. The van der Waals surface area contributed by atoms with E-state index in [9.17, 15) is 13.7 Å². The molecule has 120 valence electrons. The average molecular weight is 350 g/mol. The number of sulfonamides is 1. The molecule has 0 fully saturated rings. The Kier molecular flexibility index (Phi) is 5.26. The minimum absolute atomic E-state index is 0.0130. The lowest BCUT2D eigenvalue weighted by molar-refractivity contribution is 0.598. The molecule has 2 aromatic carbocycles. The van der Waals surface area contributed by atoms with Crippen LogP contribution in [-0.4, -0.2) is 14.5 Å². The molecule has 0 aliphatic carbocycles. The van der Waals surface area contributed by atoms with Crippen molar-refractivity contribution in [1.82, 2.24) is 0 Å². The molecule has 0 saturated carbocycles. The Morgan fingerprint density at radius 1 is 1.30 bits per heavy atom. The van der Waals surface area contributed by atoms with Crippen molar-refractivity contribution in [2.75, 3.05) is 5.32 Å². The lowest BCUT2D eigenvalue weighted by atomic mass is 10.1. The van der Waals surface area contributed by atoms with Gasteiger partial charge in [-0.25, -0.2) is 13.6 Å². The second-order valence-corrected chi connectivity index (χ2v) is 7.16. The molecule has 0 aromatic heterocycles. The standard InChI is InChI=1S/C16H16ClN3O2S/c1-11(7-12-5-3-2-4-6-12)20-15-9-14(17)16(23(19,21)22)8-13(15)10-18/h2-6,8-9,11,20H,7H2,1H3,(H2,19,21,22). The van der Waals surface area contributed by atoms with Crippen molar-refractivity contribution in [1.29, 1.82) is 5.26 Å². The lowest BCUT2D eigenvalue weighted by Crippen LogP contribution is -2.19. The molecule has 0 saturated heterocycles. The first kappa shape index (κ1) is 17.3. The van der Waals surface area contributed by atoms with Crippen molar-refractivity contribution in [3.8, 4) is 6.07 Å². The van der Waals surface area contributed by atoms with E-state index in [2.05, 4.69) is 5.32 Å². The summed E-state index contributed by atoms with van der Waals surface area (Å²) in [5.41, 5.74) is 1.81. The SMILES string of the molecule is CC(Cc1ccccc1)Nc1cc(Cl)c(S(N)(=O)=O)cc1C#N. The number of rotatable bonds is 5. The molecule has 1 unspecified atom stereocenters. The predicted molar refractivity (Wildman–Crippen MR) is 90.8 cm³/mol. The molecule has 2 rings (SSSR count). The number of halogens is 1. The van der Waals surface area contributed by atoms with Crippen LogP contribution in [0, 0.1) is 11.3 Å². The van der Waals surface area contributed by atoms with Crippen LogP contribution in [0.5, 0.6) is 0 Å². The molecule has 0 aliphatic heterocycles. The monoisotopic (exact) mass is 349 g/mol. The molecular formula is C16H16ClN3O2S. The van der Waals surface area contributed by atoms with Gasteiger partial charge in [0, 0.05) is 6.04 Å². The van der Waals surface area contributed by atoms with Gasteiger partial charge in [-0.3, -0.25) is 0 Å². The maximum Gasteiger partial charge on any atom is 0.239 e. The molecule has 3 N–H and O–H groups in total. The Bertz CT molecular complexity index is 846. The minimum atomic E-state index is -3.97. The quantitative estimate of drug-likeness (QED) is 0.867. The molecule has 0 heterocycles. The summed E-state index contributed by atoms with van der Waals surface area (Å²) in [4.78, 5) is -0.253. The molecule has 0 bridgehead atoms. The van der Waals surface area contributed by atoms with Crippen LogP contribution in [0.3, 0.4) is 0 Å². The number of hydrogen-bond donors (Lipinski definition) is 2. The maximum absolute atomic E-state index is 11.5. The van der Waals surface area contributed by atoms with E-state index in [1.807, 2.05) is 43.3 Å². The van der Waals surface area contributed by atoms with Crippen LogP contribution in [0.2, 0.25) is 5.02 Å². The summed E-state index contributed by atoms with van der Waals surface area (Å²) in [5, 5.41) is 17.5. The maximum atomic E-state index is 11.5. The first-order valence-corrected chi connectivity index (χ1v) is 8.80. The van der Waals surface area contributed by atoms with E-state index in [1.54, 1.807) is 0 Å². The molecule has 0 spiro atoms. The van der Waals surface area contributed by atoms with E-state index < -0.39 is 10.0 Å². The molecule has 1 atom stereocenters. The van der Waals surface area contributed by atoms with Gasteiger partial charge in [0.1, 0.15) is 11.0 Å². The second kappa shape index (κ2) is 7.01. The number of nitrogens with zero attached hydrogens (tertiary/aromatic N) is 1. The highest BCUT2D eigenvalue weighted by Gasteiger charge is 2.17. The van der Waals surface area contributed by atoms with Crippen LogP contribution in [0.25, 0.3) is 0 Å². The summed E-state index contributed by atoms with van der Waals surface area (Å²) in [6.07, 6.45) is 0.750. The van der Waals surface area contributed by atoms with Gasteiger partial charge in [0.05, 0.1) is 16.3 Å². The summed E-state index contributed by atoms with van der Waals surface area (Å²) in [6, 6.07) is 14.5. The van der Waals surface area contributed by atoms with Gasteiger partial charge in [-0.1, -0.05) is 41.9 Å². The Morgan fingerprint density at radius 3 is 2.52 bits per heavy atom. The van der Waals surface area contributed by atoms with Crippen molar-refractivity contribution in [3.63, 3.8) is 0 Å². The lowest BCUT2D eigenvalue weighted by Gasteiger charge is -2.17. The zero-order chi connectivity index (χ0) is 17.0. The first-order valence-electron chi connectivity index (χ1n) is 6.88. The summed E-state index contributed by atoms with van der Waals surface area (Å²) in [5.74, 6) is 0. The minimum Gasteiger partial charge on any atom is -0.381 e. The number of nitrogens with two attached hydrogens (primary N) is 1. The molecule has 0 aliphatic rings. The second-order valence-electron chi connectivity index (χ2n) is 5.22. The van der Waals surface area contributed by atoms with Gasteiger partial charge in [0.25, 0.3) is 0 Å². The van der Waals surface area contributed by atoms with Crippen LogP contribution in [0.15, 0.2) is 47.4 Å². The molecule has 2 aromatic rings. The van der Waals surface area contributed by atoms with E-state index in [0.717, 1.165) is 12.0 Å². The zero-order valence-corrected chi connectivity index (χ0v) is 14.0. The predicted octanol–water partition coefficient (Wildman–Crippen LogP) is 2.90. The van der Waals surface area contributed by atoms with E-state index in [0.29, 0.717) is 5.69 Å². The molecular weight excluding hydrogens is 334 g/mol. The van der Waals surface area contributed by atoms with Gasteiger partial charge in [0.2, 0.25) is 10.0 Å². The van der Waals surface area contributed by atoms with Gasteiger partial charge in [-0.15, -0.1) is 0 Å². The van der Waals surface area contributed by atoms with E-state index in [4.69, 9.17) is 16.7 Å². The fraction of sp³-hybridized carbons (Fsp3) is 0.188. The summed E-state index contributed by atoms with van der Waals surface area (Å²) in [6.45, 7) is 1.97. The molecule has 23 heavy (non-hydrogen) atoms. The largest absolute Gasteiger partial charge is 0.381 e. The number of nitriles is 1.